The maximum absolute atomic E-state index is 5.38. The summed E-state index contributed by atoms with van der Waals surface area (Å²) < 4.78 is 5.38. The molecule has 100 valence electrons. The summed E-state index contributed by atoms with van der Waals surface area (Å²) in [5, 5.41) is 0.851. The van der Waals surface area contributed by atoms with E-state index in [-0.39, 0.29) is 5.41 Å². The van der Waals surface area contributed by atoms with Gasteiger partial charge >= 0.3 is 0 Å². The number of ether oxygens (including phenoxy) is 1. The van der Waals surface area contributed by atoms with Crippen molar-refractivity contribution in [2.24, 2.45) is 0 Å². The molecular weight excluding hydrogens is 246 g/mol. The Bertz CT molecular complexity index is 411. The molecule has 0 radical (unpaired) electrons. The predicted octanol–water partition coefficient (Wildman–Crippen LogP) is 2.33. The molecule has 0 saturated carbocycles. The summed E-state index contributed by atoms with van der Waals surface area (Å²) in [5.41, 5.74) is 1.15. The van der Waals surface area contributed by atoms with E-state index in [0.717, 1.165) is 43.0 Å². The van der Waals surface area contributed by atoms with Crippen LogP contribution in [0.1, 0.15) is 26.5 Å². The van der Waals surface area contributed by atoms with Crippen molar-refractivity contribution in [1.29, 1.82) is 0 Å². The number of hydrogen-bond acceptors (Lipinski definition) is 5. The number of thioether (sulfide) groups is 1. The van der Waals surface area contributed by atoms with Crippen LogP contribution in [0.5, 0.6) is 0 Å². The number of nitrogens with zero attached hydrogens (tertiary/aromatic N) is 3. The molecule has 0 spiro atoms. The molecule has 18 heavy (non-hydrogen) atoms. The van der Waals surface area contributed by atoms with E-state index in [1.54, 1.807) is 11.8 Å². The minimum atomic E-state index is 0.0501. The summed E-state index contributed by atoms with van der Waals surface area (Å²) >= 11 is 1.60. The molecule has 1 aliphatic heterocycles. The summed E-state index contributed by atoms with van der Waals surface area (Å²) in [5.74, 6) is 1.03. The van der Waals surface area contributed by atoms with Crippen LogP contribution in [-0.2, 0) is 10.2 Å². The minimum absolute atomic E-state index is 0.0501. The maximum Gasteiger partial charge on any atom is 0.189 e. The number of hydrogen-bond donors (Lipinski definition) is 0. The second-order valence-corrected chi connectivity index (χ2v) is 6.22. The highest BCUT2D eigenvalue weighted by atomic mass is 32.2. The zero-order valence-corrected chi connectivity index (χ0v) is 12.4. The quantitative estimate of drug-likeness (QED) is 0.607. The standard InChI is InChI=1S/C13H21N3OS/c1-13(2,3)10-9-11(15-12(14-10)18-4)16-5-7-17-8-6-16/h9H,5-8H2,1-4H3. The summed E-state index contributed by atoms with van der Waals surface area (Å²) in [4.78, 5) is 11.5. The van der Waals surface area contributed by atoms with Crippen LogP contribution in [0.3, 0.4) is 0 Å². The van der Waals surface area contributed by atoms with E-state index in [4.69, 9.17) is 4.74 Å². The van der Waals surface area contributed by atoms with Crippen LogP contribution in [0, 0.1) is 0 Å². The van der Waals surface area contributed by atoms with Gasteiger partial charge in [0.15, 0.2) is 5.16 Å². The molecule has 0 atom stereocenters. The Morgan fingerprint density at radius 2 is 1.89 bits per heavy atom. The molecule has 2 rings (SSSR count). The van der Waals surface area contributed by atoms with Crippen molar-refractivity contribution in [3.8, 4) is 0 Å². The molecule has 0 amide bonds. The number of anilines is 1. The van der Waals surface area contributed by atoms with Crippen molar-refractivity contribution in [3.05, 3.63) is 11.8 Å². The van der Waals surface area contributed by atoms with Crippen molar-refractivity contribution in [2.75, 3.05) is 37.5 Å². The fourth-order valence-corrected chi connectivity index (χ4v) is 2.22. The zero-order chi connectivity index (χ0) is 13.2. The monoisotopic (exact) mass is 267 g/mol. The van der Waals surface area contributed by atoms with E-state index >= 15 is 0 Å². The van der Waals surface area contributed by atoms with Crippen LogP contribution in [0.2, 0.25) is 0 Å². The van der Waals surface area contributed by atoms with Crippen LogP contribution in [0.25, 0.3) is 0 Å². The Morgan fingerprint density at radius 1 is 1.22 bits per heavy atom. The lowest BCUT2D eigenvalue weighted by Crippen LogP contribution is -2.37. The van der Waals surface area contributed by atoms with Gasteiger partial charge in [0, 0.05) is 24.6 Å². The normalized spacial score (nSPS) is 17.0. The second kappa shape index (κ2) is 5.45. The molecule has 0 aromatic carbocycles. The number of aromatic nitrogens is 2. The highest BCUT2D eigenvalue weighted by Crippen LogP contribution is 2.26. The molecule has 4 nitrogen and oxygen atoms in total. The topological polar surface area (TPSA) is 38.2 Å². The zero-order valence-electron chi connectivity index (χ0n) is 11.6. The Morgan fingerprint density at radius 3 is 2.44 bits per heavy atom. The van der Waals surface area contributed by atoms with Gasteiger partial charge < -0.3 is 9.64 Å². The summed E-state index contributed by atoms with van der Waals surface area (Å²) in [7, 11) is 0. The van der Waals surface area contributed by atoms with Gasteiger partial charge in [-0.05, 0) is 6.26 Å². The molecule has 1 aromatic rings. The van der Waals surface area contributed by atoms with Crippen molar-refractivity contribution in [2.45, 2.75) is 31.3 Å². The minimum Gasteiger partial charge on any atom is -0.378 e. The SMILES string of the molecule is CSc1nc(N2CCOCC2)cc(C(C)(C)C)n1. The third kappa shape index (κ3) is 3.14. The van der Waals surface area contributed by atoms with Crippen LogP contribution in [0.4, 0.5) is 5.82 Å². The van der Waals surface area contributed by atoms with Crippen LogP contribution < -0.4 is 4.90 Å². The van der Waals surface area contributed by atoms with Crippen LogP contribution >= 0.6 is 11.8 Å². The molecule has 0 bridgehead atoms. The second-order valence-electron chi connectivity index (χ2n) is 5.45. The third-order valence-electron chi connectivity index (χ3n) is 2.98. The van der Waals surface area contributed by atoms with Gasteiger partial charge in [0.05, 0.1) is 18.9 Å². The van der Waals surface area contributed by atoms with Crippen LogP contribution in [0.15, 0.2) is 11.2 Å². The van der Waals surface area contributed by atoms with E-state index in [0.29, 0.717) is 0 Å². The molecule has 0 aliphatic carbocycles. The molecule has 1 aliphatic rings. The average Bonchev–Trinajstić information content (AvgIpc) is 2.38. The highest BCUT2D eigenvalue weighted by Gasteiger charge is 2.20. The van der Waals surface area contributed by atoms with Crippen molar-refractivity contribution in [3.63, 3.8) is 0 Å². The number of morpholine rings is 1. The first-order valence-electron chi connectivity index (χ1n) is 6.27. The van der Waals surface area contributed by atoms with Gasteiger partial charge in [-0.3, -0.25) is 0 Å². The summed E-state index contributed by atoms with van der Waals surface area (Å²) in [6.45, 7) is 9.93. The lowest BCUT2D eigenvalue weighted by molar-refractivity contribution is 0.122. The predicted molar refractivity (Wildman–Crippen MR) is 75.5 cm³/mol. The smallest absolute Gasteiger partial charge is 0.189 e. The van der Waals surface area contributed by atoms with Crippen LogP contribution in [-0.4, -0.2) is 42.5 Å². The summed E-state index contributed by atoms with van der Waals surface area (Å²) in [6, 6.07) is 2.12. The lowest BCUT2D eigenvalue weighted by atomic mass is 9.92. The molecule has 0 unspecified atom stereocenters. The van der Waals surface area contributed by atoms with Gasteiger partial charge in [-0.25, -0.2) is 9.97 Å². The molecule has 1 aromatic heterocycles. The maximum atomic E-state index is 5.38. The third-order valence-corrected chi connectivity index (χ3v) is 3.53. The Kier molecular flexibility index (Phi) is 4.12. The first kappa shape index (κ1) is 13.6. The van der Waals surface area contributed by atoms with Gasteiger partial charge in [-0.15, -0.1) is 0 Å². The first-order chi connectivity index (χ1) is 8.50. The van der Waals surface area contributed by atoms with E-state index in [2.05, 4.69) is 41.7 Å². The van der Waals surface area contributed by atoms with Crippen molar-refractivity contribution in [1.82, 2.24) is 9.97 Å². The van der Waals surface area contributed by atoms with Crippen molar-refractivity contribution >= 4 is 17.6 Å². The largest absolute Gasteiger partial charge is 0.378 e. The van der Waals surface area contributed by atoms with E-state index in [1.807, 2.05) is 6.26 Å². The van der Waals surface area contributed by atoms with Gasteiger partial charge in [0.1, 0.15) is 5.82 Å². The summed E-state index contributed by atoms with van der Waals surface area (Å²) in [6.07, 6.45) is 2.02. The molecule has 1 saturated heterocycles. The van der Waals surface area contributed by atoms with Crippen molar-refractivity contribution < 1.29 is 4.74 Å². The van der Waals surface area contributed by atoms with Gasteiger partial charge in [-0.2, -0.15) is 0 Å². The Hall–Kier alpha value is -0.810. The van der Waals surface area contributed by atoms with E-state index in [9.17, 15) is 0 Å². The van der Waals surface area contributed by atoms with Gasteiger partial charge in [0.25, 0.3) is 0 Å². The first-order valence-corrected chi connectivity index (χ1v) is 7.49. The van der Waals surface area contributed by atoms with E-state index in [1.165, 1.54) is 0 Å². The fourth-order valence-electron chi connectivity index (χ4n) is 1.84. The Labute approximate surface area is 113 Å². The molecule has 1 fully saturated rings. The van der Waals surface area contributed by atoms with Gasteiger partial charge in [0.2, 0.25) is 0 Å². The molecule has 2 heterocycles. The number of rotatable bonds is 2. The van der Waals surface area contributed by atoms with E-state index < -0.39 is 0 Å². The molecule has 5 heteroatoms. The highest BCUT2D eigenvalue weighted by molar-refractivity contribution is 7.98. The average molecular weight is 267 g/mol. The fraction of sp³-hybridized carbons (Fsp3) is 0.692. The molecule has 0 N–H and O–H groups in total. The lowest BCUT2D eigenvalue weighted by Gasteiger charge is -2.29. The molecular formula is C13H21N3OS. The Balaban J connectivity index is 2.34. The van der Waals surface area contributed by atoms with Gasteiger partial charge in [-0.1, -0.05) is 32.5 Å².